The van der Waals surface area contributed by atoms with Crippen LogP contribution in [0.2, 0.25) is 0 Å². The number of anilines is 1. The van der Waals surface area contributed by atoms with Crippen LogP contribution >= 0.6 is 15.9 Å². The first kappa shape index (κ1) is 12.9. The Kier molecular flexibility index (Phi) is 3.48. The lowest BCUT2D eigenvalue weighted by molar-refractivity contribution is 0.252. The van der Waals surface area contributed by atoms with E-state index in [1.165, 1.54) is 19.3 Å². The number of aromatic nitrogens is 3. The van der Waals surface area contributed by atoms with Gasteiger partial charge in [-0.25, -0.2) is 4.52 Å². The summed E-state index contributed by atoms with van der Waals surface area (Å²) >= 11 is 3.51. The first-order valence-corrected chi connectivity index (χ1v) is 7.72. The van der Waals surface area contributed by atoms with E-state index < -0.39 is 0 Å². The molecule has 0 spiro atoms. The van der Waals surface area contributed by atoms with E-state index in [-0.39, 0.29) is 0 Å². The zero-order valence-corrected chi connectivity index (χ0v) is 12.9. The van der Waals surface area contributed by atoms with Crippen molar-refractivity contribution in [3.05, 3.63) is 22.8 Å². The molecule has 0 amide bonds. The van der Waals surface area contributed by atoms with E-state index in [9.17, 15) is 0 Å². The Bertz CT molecular complexity index is 580. The van der Waals surface area contributed by atoms with Crippen molar-refractivity contribution < 1.29 is 0 Å². The zero-order chi connectivity index (χ0) is 13.4. The molecule has 1 fully saturated rings. The number of nitrogens with zero attached hydrogens (tertiary/aromatic N) is 3. The van der Waals surface area contributed by atoms with Gasteiger partial charge in [-0.05, 0) is 46.3 Å². The summed E-state index contributed by atoms with van der Waals surface area (Å²) in [6.07, 6.45) is 5.76. The molecule has 3 rings (SSSR count). The summed E-state index contributed by atoms with van der Waals surface area (Å²) in [5.74, 6) is 2.18. The lowest BCUT2D eigenvalue weighted by Crippen LogP contribution is -2.35. The van der Waals surface area contributed by atoms with Crippen LogP contribution < -0.4 is 5.32 Å². The fraction of sp³-hybridized carbons (Fsp3) is 0.571. The first-order chi connectivity index (χ1) is 9.15. The third-order valence-electron chi connectivity index (χ3n) is 4.34. The predicted octanol–water partition coefficient (Wildman–Crippen LogP) is 3.73. The fourth-order valence-corrected chi connectivity index (χ4v) is 3.31. The summed E-state index contributed by atoms with van der Waals surface area (Å²) in [7, 11) is 0. The molecule has 1 aliphatic rings. The number of hydrogen-bond donors (Lipinski definition) is 1. The summed E-state index contributed by atoms with van der Waals surface area (Å²) in [5, 5.41) is 8.01. The van der Waals surface area contributed by atoms with Gasteiger partial charge in [0.2, 0.25) is 5.95 Å². The molecule has 0 aromatic carbocycles. The highest BCUT2D eigenvalue weighted by Crippen LogP contribution is 2.31. The Morgan fingerprint density at radius 1 is 1.37 bits per heavy atom. The van der Waals surface area contributed by atoms with Gasteiger partial charge in [0.05, 0.1) is 4.47 Å². The molecule has 0 aliphatic heterocycles. The number of rotatable bonds is 2. The Balaban J connectivity index is 1.83. The van der Waals surface area contributed by atoms with E-state index in [4.69, 9.17) is 0 Å². The minimum atomic E-state index is 0.486. The maximum atomic E-state index is 4.56. The SMILES string of the molecule is CC1CCCC(Nc2nc3c(Br)cccn3n2)C1C. The fourth-order valence-electron chi connectivity index (χ4n) is 2.89. The van der Waals surface area contributed by atoms with Crippen LogP contribution in [0.25, 0.3) is 5.65 Å². The third-order valence-corrected chi connectivity index (χ3v) is 4.96. The van der Waals surface area contributed by atoms with Gasteiger partial charge in [0.25, 0.3) is 0 Å². The van der Waals surface area contributed by atoms with Crippen LogP contribution in [0.15, 0.2) is 22.8 Å². The van der Waals surface area contributed by atoms with Gasteiger partial charge in [0.15, 0.2) is 5.65 Å². The van der Waals surface area contributed by atoms with E-state index in [0.29, 0.717) is 12.0 Å². The largest absolute Gasteiger partial charge is 0.350 e. The molecule has 2 heterocycles. The predicted molar refractivity (Wildman–Crippen MR) is 80.3 cm³/mol. The Hall–Kier alpha value is -1.10. The van der Waals surface area contributed by atoms with Crippen molar-refractivity contribution in [2.75, 3.05) is 5.32 Å². The van der Waals surface area contributed by atoms with Crippen molar-refractivity contribution in [1.29, 1.82) is 0 Å². The summed E-state index contributed by atoms with van der Waals surface area (Å²) in [6, 6.07) is 4.43. The summed E-state index contributed by atoms with van der Waals surface area (Å²) < 4.78 is 2.78. The highest BCUT2D eigenvalue weighted by atomic mass is 79.9. The zero-order valence-electron chi connectivity index (χ0n) is 11.3. The number of nitrogens with one attached hydrogen (secondary N) is 1. The van der Waals surface area contributed by atoms with Gasteiger partial charge >= 0.3 is 0 Å². The highest BCUT2D eigenvalue weighted by Gasteiger charge is 2.27. The molecule has 19 heavy (non-hydrogen) atoms. The quantitative estimate of drug-likeness (QED) is 0.916. The minimum Gasteiger partial charge on any atom is -0.350 e. The first-order valence-electron chi connectivity index (χ1n) is 6.92. The normalized spacial score (nSPS) is 27.6. The summed E-state index contributed by atoms with van der Waals surface area (Å²) in [4.78, 5) is 4.56. The maximum Gasteiger partial charge on any atom is 0.243 e. The molecule has 2 aromatic heterocycles. The van der Waals surface area contributed by atoms with Crippen LogP contribution in [0, 0.1) is 11.8 Å². The molecular weight excluding hydrogens is 304 g/mol. The number of hydrogen-bond acceptors (Lipinski definition) is 3. The monoisotopic (exact) mass is 322 g/mol. The van der Waals surface area contributed by atoms with E-state index in [1.54, 1.807) is 0 Å². The van der Waals surface area contributed by atoms with Crippen LogP contribution in [-0.4, -0.2) is 20.6 Å². The molecule has 0 saturated heterocycles. The standard InChI is InChI=1S/C14H19BrN4/c1-9-5-3-7-12(10(9)2)16-14-17-13-11(15)6-4-8-19(13)18-14/h4,6,8-10,12H,3,5,7H2,1-2H3,(H,16,18). The molecule has 3 atom stereocenters. The second kappa shape index (κ2) is 5.12. The van der Waals surface area contributed by atoms with Gasteiger partial charge in [-0.15, -0.1) is 5.10 Å². The smallest absolute Gasteiger partial charge is 0.243 e. The molecule has 102 valence electrons. The molecule has 1 N–H and O–H groups in total. The van der Waals surface area contributed by atoms with Crippen molar-refractivity contribution in [2.45, 2.75) is 39.2 Å². The Morgan fingerprint density at radius 3 is 3.00 bits per heavy atom. The van der Waals surface area contributed by atoms with Crippen molar-refractivity contribution in [3.8, 4) is 0 Å². The minimum absolute atomic E-state index is 0.486. The van der Waals surface area contributed by atoms with Crippen molar-refractivity contribution >= 4 is 27.5 Å². The van der Waals surface area contributed by atoms with Gasteiger partial charge in [-0.2, -0.15) is 4.98 Å². The van der Waals surface area contributed by atoms with Crippen LogP contribution in [0.1, 0.15) is 33.1 Å². The average Bonchev–Trinajstić information content (AvgIpc) is 2.79. The molecule has 2 aromatic rings. The van der Waals surface area contributed by atoms with Crippen molar-refractivity contribution in [3.63, 3.8) is 0 Å². The van der Waals surface area contributed by atoms with Gasteiger partial charge in [-0.3, -0.25) is 0 Å². The van der Waals surface area contributed by atoms with E-state index in [1.807, 2.05) is 22.8 Å². The average molecular weight is 323 g/mol. The lowest BCUT2D eigenvalue weighted by Gasteiger charge is -2.34. The van der Waals surface area contributed by atoms with Crippen molar-refractivity contribution in [2.24, 2.45) is 11.8 Å². The molecule has 5 heteroatoms. The molecule has 1 saturated carbocycles. The van der Waals surface area contributed by atoms with Crippen LogP contribution in [0.3, 0.4) is 0 Å². The highest BCUT2D eigenvalue weighted by molar-refractivity contribution is 9.10. The van der Waals surface area contributed by atoms with E-state index in [2.05, 4.69) is 45.2 Å². The molecule has 0 radical (unpaired) electrons. The number of fused-ring (bicyclic) bond motifs is 1. The molecule has 4 nitrogen and oxygen atoms in total. The number of halogens is 1. The van der Waals surface area contributed by atoms with Gasteiger partial charge in [0, 0.05) is 12.2 Å². The van der Waals surface area contributed by atoms with Crippen LogP contribution in [-0.2, 0) is 0 Å². The van der Waals surface area contributed by atoms with Gasteiger partial charge in [-0.1, -0.05) is 26.7 Å². The van der Waals surface area contributed by atoms with E-state index >= 15 is 0 Å². The number of pyridine rings is 1. The third kappa shape index (κ3) is 2.48. The molecule has 0 bridgehead atoms. The Morgan fingerprint density at radius 2 is 2.21 bits per heavy atom. The second-order valence-electron chi connectivity index (χ2n) is 5.58. The summed E-state index contributed by atoms with van der Waals surface area (Å²) in [6.45, 7) is 4.67. The maximum absolute atomic E-state index is 4.56. The second-order valence-corrected chi connectivity index (χ2v) is 6.43. The topological polar surface area (TPSA) is 42.2 Å². The van der Waals surface area contributed by atoms with E-state index in [0.717, 1.165) is 22.0 Å². The lowest BCUT2D eigenvalue weighted by atomic mass is 9.78. The van der Waals surface area contributed by atoms with Crippen molar-refractivity contribution in [1.82, 2.24) is 14.6 Å². The van der Waals surface area contributed by atoms with Crippen LogP contribution in [0.4, 0.5) is 5.95 Å². The molecule has 3 unspecified atom stereocenters. The summed E-state index contributed by atoms with van der Waals surface area (Å²) in [5.41, 5.74) is 0.863. The van der Waals surface area contributed by atoms with Crippen LogP contribution in [0.5, 0.6) is 0 Å². The van der Waals surface area contributed by atoms with Gasteiger partial charge < -0.3 is 5.32 Å². The molecule has 1 aliphatic carbocycles. The molecular formula is C14H19BrN4. The van der Waals surface area contributed by atoms with Gasteiger partial charge in [0.1, 0.15) is 0 Å². The Labute approximate surface area is 121 Å².